The average Bonchev–Trinajstić information content (AvgIpc) is 3.31. The van der Waals surface area contributed by atoms with Crippen molar-refractivity contribution in [3.05, 3.63) is 66.0 Å². The zero-order valence-electron chi connectivity index (χ0n) is 22.1. The molecule has 1 aliphatic rings. The van der Waals surface area contributed by atoms with Crippen LogP contribution in [0.5, 0.6) is 11.5 Å². The molecule has 0 bridgehead atoms. The summed E-state index contributed by atoms with van der Waals surface area (Å²) in [5, 5.41) is 14.3. The summed E-state index contributed by atoms with van der Waals surface area (Å²) >= 11 is 0. The minimum Gasteiger partial charge on any atom is -0.489 e. The Kier molecular flexibility index (Phi) is 8.38. The van der Waals surface area contributed by atoms with Gasteiger partial charge in [-0.3, -0.25) is 14.3 Å². The summed E-state index contributed by atoms with van der Waals surface area (Å²) in [7, 11) is 0. The van der Waals surface area contributed by atoms with Gasteiger partial charge < -0.3 is 25.2 Å². The Morgan fingerprint density at radius 2 is 1.75 bits per heavy atom. The van der Waals surface area contributed by atoms with Crippen LogP contribution >= 0.6 is 0 Å². The predicted octanol–water partition coefficient (Wildman–Crippen LogP) is 3.93. The molecule has 2 heterocycles. The molecule has 0 aliphatic carbocycles. The number of aromatic nitrogens is 2. The van der Waals surface area contributed by atoms with Gasteiger partial charge in [0.1, 0.15) is 17.6 Å². The molecule has 0 saturated carbocycles. The minimum atomic E-state index is -4.77. The summed E-state index contributed by atoms with van der Waals surface area (Å²) in [6.07, 6.45) is -0.466. The first-order valence-electron chi connectivity index (χ1n) is 12.7. The number of likely N-dealkylation sites (tertiary alicyclic amines) is 1. The van der Waals surface area contributed by atoms with E-state index in [9.17, 15) is 27.9 Å². The smallest absolute Gasteiger partial charge is 0.489 e. The fourth-order valence-corrected chi connectivity index (χ4v) is 4.50. The van der Waals surface area contributed by atoms with Gasteiger partial charge in [0, 0.05) is 37.7 Å². The molecule has 2 amide bonds. The molecule has 1 fully saturated rings. The molecule has 1 aromatic heterocycles. The van der Waals surface area contributed by atoms with E-state index in [0.717, 1.165) is 11.1 Å². The number of piperidine rings is 1. The van der Waals surface area contributed by atoms with E-state index >= 15 is 0 Å². The third kappa shape index (κ3) is 7.98. The zero-order chi connectivity index (χ0) is 29.1. The number of carbonyl (C=O) groups is 2. The van der Waals surface area contributed by atoms with Crippen LogP contribution in [-0.2, 0) is 17.8 Å². The minimum absolute atomic E-state index is 0.0531. The molecular formula is C28H31F3N4O5. The van der Waals surface area contributed by atoms with Crippen LogP contribution in [0.1, 0.15) is 42.6 Å². The highest BCUT2D eigenvalue weighted by Crippen LogP contribution is 2.29. The second kappa shape index (κ2) is 11.6. The van der Waals surface area contributed by atoms with Gasteiger partial charge in [0.15, 0.2) is 0 Å². The van der Waals surface area contributed by atoms with Gasteiger partial charge in [0.25, 0.3) is 5.91 Å². The van der Waals surface area contributed by atoms with Crippen LogP contribution in [0, 0.1) is 0 Å². The Morgan fingerprint density at radius 1 is 1.07 bits per heavy atom. The highest BCUT2D eigenvalue weighted by Gasteiger charge is 2.31. The van der Waals surface area contributed by atoms with Crippen LogP contribution in [0.4, 0.5) is 13.2 Å². The molecule has 40 heavy (non-hydrogen) atoms. The molecule has 3 aromatic rings. The molecule has 2 aromatic carbocycles. The van der Waals surface area contributed by atoms with E-state index in [1.54, 1.807) is 54.0 Å². The van der Waals surface area contributed by atoms with Gasteiger partial charge in [-0.05, 0) is 49.2 Å². The van der Waals surface area contributed by atoms with Gasteiger partial charge in [-0.1, -0.05) is 18.2 Å². The molecular weight excluding hydrogens is 529 g/mol. The van der Waals surface area contributed by atoms with Crippen molar-refractivity contribution >= 4 is 11.8 Å². The lowest BCUT2D eigenvalue weighted by atomic mass is 10.0. The Balaban J connectivity index is 1.33. The number of hydrogen-bond donors (Lipinski definition) is 2. The second-order valence-corrected chi connectivity index (χ2v) is 10.4. The highest BCUT2D eigenvalue weighted by atomic mass is 19.4. The summed E-state index contributed by atoms with van der Waals surface area (Å²) < 4.78 is 48.6. The third-order valence-corrected chi connectivity index (χ3v) is 6.36. The van der Waals surface area contributed by atoms with Crippen molar-refractivity contribution in [3.8, 4) is 22.6 Å². The highest BCUT2D eigenvalue weighted by molar-refractivity contribution is 5.97. The molecule has 0 atom stereocenters. The van der Waals surface area contributed by atoms with Crippen molar-refractivity contribution in [1.82, 2.24) is 14.7 Å². The summed E-state index contributed by atoms with van der Waals surface area (Å²) in [5.74, 6) is -0.771. The summed E-state index contributed by atoms with van der Waals surface area (Å²) in [6.45, 7) is 4.55. The molecule has 0 spiro atoms. The quantitative estimate of drug-likeness (QED) is 0.409. The fourth-order valence-electron chi connectivity index (χ4n) is 4.50. The van der Waals surface area contributed by atoms with Crippen molar-refractivity contribution in [2.75, 3.05) is 13.1 Å². The number of hydrogen-bond acceptors (Lipinski definition) is 6. The third-order valence-electron chi connectivity index (χ3n) is 6.36. The maximum absolute atomic E-state index is 12.7. The zero-order valence-corrected chi connectivity index (χ0v) is 22.1. The number of ether oxygens (including phenoxy) is 2. The number of alkyl halides is 3. The standard InChI is InChI=1S/C28H31F3N4O5/c1-27(2,38)17-35-16-20(15-33-35)19-5-8-24(23(14-19)26(32)37)39-21-9-11-34(12-10-21)25(36)13-18-3-6-22(7-4-18)40-28(29,30)31/h3-8,14-16,21,38H,9-13,17H2,1-2H3,(H2,32,37). The first kappa shape index (κ1) is 28.9. The lowest BCUT2D eigenvalue weighted by Crippen LogP contribution is -2.42. The van der Waals surface area contributed by atoms with E-state index < -0.39 is 17.9 Å². The summed E-state index contributed by atoms with van der Waals surface area (Å²) in [6, 6.07) is 10.4. The molecule has 1 saturated heterocycles. The molecule has 0 unspecified atom stereocenters. The lowest BCUT2D eigenvalue weighted by Gasteiger charge is -2.32. The number of aliphatic hydroxyl groups is 1. The first-order valence-corrected chi connectivity index (χ1v) is 12.7. The van der Waals surface area contributed by atoms with Crippen LogP contribution in [-0.4, -0.2) is 62.8 Å². The Hall–Kier alpha value is -4.06. The van der Waals surface area contributed by atoms with E-state index in [1.165, 1.54) is 24.3 Å². The summed E-state index contributed by atoms with van der Waals surface area (Å²) in [4.78, 5) is 26.6. The van der Waals surface area contributed by atoms with Gasteiger partial charge in [0.05, 0.1) is 30.3 Å². The van der Waals surface area contributed by atoms with Crippen LogP contribution in [0.2, 0.25) is 0 Å². The number of rotatable bonds is 9. The fraction of sp³-hybridized carbons (Fsp3) is 0.393. The topological polar surface area (TPSA) is 120 Å². The van der Waals surface area contributed by atoms with Crippen LogP contribution in [0.25, 0.3) is 11.1 Å². The Labute approximate surface area is 229 Å². The van der Waals surface area contributed by atoms with Crippen LogP contribution < -0.4 is 15.2 Å². The number of carbonyl (C=O) groups excluding carboxylic acids is 2. The van der Waals surface area contributed by atoms with E-state index in [2.05, 4.69) is 9.84 Å². The van der Waals surface area contributed by atoms with Crippen molar-refractivity contribution < 1.29 is 37.3 Å². The number of amides is 2. The second-order valence-electron chi connectivity index (χ2n) is 10.4. The normalized spacial score (nSPS) is 14.7. The van der Waals surface area contributed by atoms with Gasteiger partial charge in [-0.15, -0.1) is 13.2 Å². The molecule has 9 nitrogen and oxygen atoms in total. The van der Waals surface area contributed by atoms with Gasteiger partial charge in [-0.25, -0.2) is 0 Å². The van der Waals surface area contributed by atoms with Crippen LogP contribution in [0.15, 0.2) is 54.9 Å². The van der Waals surface area contributed by atoms with Crippen molar-refractivity contribution in [3.63, 3.8) is 0 Å². The Bertz CT molecular complexity index is 1340. The SMILES string of the molecule is CC(C)(O)Cn1cc(-c2ccc(OC3CCN(C(=O)Cc4ccc(OC(F)(F)F)cc4)CC3)c(C(N)=O)c2)cn1. The average molecular weight is 561 g/mol. The molecule has 1 aliphatic heterocycles. The first-order chi connectivity index (χ1) is 18.8. The van der Waals surface area contributed by atoms with Gasteiger partial charge >= 0.3 is 6.36 Å². The van der Waals surface area contributed by atoms with E-state index in [4.69, 9.17) is 10.5 Å². The molecule has 4 rings (SSSR count). The summed E-state index contributed by atoms with van der Waals surface area (Å²) in [5.41, 5.74) is 7.00. The molecule has 0 radical (unpaired) electrons. The number of primary amides is 1. The van der Waals surface area contributed by atoms with Gasteiger partial charge in [-0.2, -0.15) is 5.10 Å². The maximum atomic E-state index is 12.7. The number of nitrogens with two attached hydrogens (primary N) is 1. The largest absolute Gasteiger partial charge is 0.573 e. The monoisotopic (exact) mass is 560 g/mol. The van der Waals surface area contributed by atoms with E-state index in [-0.39, 0.29) is 29.7 Å². The maximum Gasteiger partial charge on any atom is 0.573 e. The number of nitrogens with zero attached hydrogens (tertiary/aromatic N) is 3. The van der Waals surface area contributed by atoms with Crippen LogP contribution in [0.3, 0.4) is 0 Å². The van der Waals surface area contributed by atoms with E-state index in [1.807, 2.05) is 0 Å². The lowest BCUT2D eigenvalue weighted by molar-refractivity contribution is -0.274. The molecule has 214 valence electrons. The molecule has 12 heteroatoms. The molecule has 3 N–H and O–H groups in total. The number of benzene rings is 2. The van der Waals surface area contributed by atoms with Crippen molar-refractivity contribution in [2.24, 2.45) is 5.73 Å². The van der Waals surface area contributed by atoms with E-state index in [0.29, 0.717) is 43.8 Å². The van der Waals surface area contributed by atoms with Crippen molar-refractivity contribution in [2.45, 2.75) is 57.7 Å². The number of halogens is 3. The van der Waals surface area contributed by atoms with Gasteiger partial charge in [0.2, 0.25) is 5.91 Å². The predicted molar refractivity (Wildman–Crippen MR) is 140 cm³/mol. The van der Waals surface area contributed by atoms with Crippen molar-refractivity contribution in [1.29, 1.82) is 0 Å². The Morgan fingerprint density at radius 3 is 2.35 bits per heavy atom.